The van der Waals surface area contributed by atoms with Gasteiger partial charge in [0.1, 0.15) is 11.5 Å². The fourth-order valence-electron chi connectivity index (χ4n) is 1.46. The maximum absolute atomic E-state index is 13.7. The zero-order chi connectivity index (χ0) is 12.6. The van der Waals surface area contributed by atoms with Crippen molar-refractivity contribution in [3.8, 4) is 11.3 Å². The van der Waals surface area contributed by atoms with Crippen molar-refractivity contribution in [1.29, 1.82) is 0 Å². The predicted octanol–water partition coefficient (Wildman–Crippen LogP) is 2.08. The van der Waals surface area contributed by atoms with Crippen molar-refractivity contribution in [2.24, 2.45) is 7.05 Å². The van der Waals surface area contributed by atoms with Crippen LogP contribution in [0, 0.1) is 5.82 Å². The average Bonchev–Trinajstić information content (AvgIpc) is 2.60. The lowest BCUT2D eigenvalue weighted by atomic mass is 10.1. The van der Waals surface area contributed by atoms with E-state index in [4.69, 9.17) is 5.11 Å². The third-order valence-electron chi connectivity index (χ3n) is 2.22. The van der Waals surface area contributed by atoms with Crippen molar-refractivity contribution in [3.63, 3.8) is 0 Å². The smallest absolute Gasteiger partial charge is 0.356 e. The lowest BCUT2D eigenvalue weighted by molar-refractivity contribution is 0.0686. The standard InChI is InChI=1S/C10H7BrFN3O2/c1-15-9(10(16)17)8(13-14-15)6-3-2-5(11)4-7(6)12/h2-4H,1H3,(H,16,17). The van der Waals surface area contributed by atoms with Crippen LogP contribution in [0.25, 0.3) is 11.3 Å². The Morgan fingerprint density at radius 2 is 2.24 bits per heavy atom. The third-order valence-corrected chi connectivity index (χ3v) is 2.71. The number of benzene rings is 1. The van der Waals surface area contributed by atoms with Gasteiger partial charge in [0.15, 0.2) is 5.69 Å². The van der Waals surface area contributed by atoms with Gasteiger partial charge in [0.05, 0.1) is 0 Å². The Labute approximate surface area is 104 Å². The van der Waals surface area contributed by atoms with Gasteiger partial charge >= 0.3 is 5.97 Å². The summed E-state index contributed by atoms with van der Waals surface area (Å²) in [5.74, 6) is -1.75. The molecule has 0 aliphatic heterocycles. The normalized spacial score (nSPS) is 10.5. The Hall–Kier alpha value is -1.76. The third kappa shape index (κ3) is 2.05. The number of aromatic nitrogens is 3. The first-order valence-electron chi connectivity index (χ1n) is 4.59. The molecule has 0 aliphatic carbocycles. The molecule has 2 rings (SSSR count). The van der Waals surface area contributed by atoms with Crippen LogP contribution in [-0.4, -0.2) is 26.1 Å². The monoisotopic (exact) mass is 299 g/mol. The SMILES string of the molecule is Cn1nnc(-c2ccc(Br)cc2F)c1C(=O)O. The highest BCUT2D eigenvalue weighted by atomic mass is 79.9. The minimum atomic E-state index is -1.20. The largest absolute Gasteiger partial charge is 0.476 e. The molecule has 17 heavy (non-hydrogen) atoms. The van der Waals surface area contributed by atoms with Crippen LogP contribution in [0.1, 0.15) is 10.5 Å². The first-order valence-corrected chi connectivity index (χ1v) is 5.38. The topological polar surface area (TPSA) is 68.0 Å². The fraction of sp³-hybridized carbons (Fsp3) is 0.100. The molecular weight excluding hydrogens is 293 g/mol. The van der Waals surface area contributed by atoms with Gasteiger partial charge in [-0.2, -0.15) is 0 Å². The number of hydrogen-bond acceptors (Lipinski definition) is 3. The summed E-state index contributed by atoms with van der Waals surface area (Å²) in [5, 5.41) is 16.3. The van der Waals surface area contributed by atoms with E-state index in [-0.39, 0.29) is 17.0 Å². The van der Waals surface area contributed by atoms with Crippen molar-refractivity contribution < 1.29 is 14.3 Å². The van der Waals surface area contributed by atoms with Gasteiger partial charge < -0.3 is 5.11 Å². The van der Waals surface area contributed by atoms with Gasteiger partial charge in [0.2, 0.25) is 0 Å². The van der Waals surface area contributed by atoms with E-state index in [1.54, 1.807) is 6.07 Å². The molecule has 1 aromatic carbocycles. The Morgan fingerprint density at radius 1 is 1.53 bits per heavy atom. The molecule has 0 radical (unpaired) electrons. The van der Waals surface area contributed by atoms with Gasteiger partial charge in [-0.3, -0.25) is 0 Å². The highest BCUT2D eigenvalue weighted by Gasteiger charge is 2.21. The summed E-state index contributed by atoms with van der Waals surface area (Å²) in [5.41, 5.74) is -0.0186. The van der Waals surface area contributed by atoms with Crippen LogP contribution >= 0.6 is 15.9 Å². The maximum atomic E-state index is 13.7. The molecule has 0 spiro atoms. The molecule has 2 aromatic rings. The van der Waals surface area contributed by atoms with Crippen LogP contribution in [0.5, 0.6) is 0 Å². The van der Waals surface area contributed by atoms with E-state index in [0.29, 0.717) is 4.47 Å². The maximum Gasteiger partial charge on any atom is 0.356 e. The van der Waals surface area contributed by atoms with Gasteiger partial charge in [-0.05, 0) is 18.2 Å². The van der Waals surface area contributed by atoms with E-state index in [1.807, 2.05) is 0 Å². The zero-order valence-electron chi connectivity index (χ0n) is 8.69. The van der Waals surface area contributed by atoms with E-state index in [1.165, 1.54) is 19.2 Å². The highest BCUT2D eigenvalue weighted by molar-refractivity contribution is 9.10. The van der Waals surface area contributed by atoms with Crippen molar-refractivity contribution in [2.45, 2.75) is 0 Å². The zero-order valence-corrected chi connectivity index (χ0v) is 10.3. The first-order chi connectivity index (χ1) is 8.00. The quantitative estimate of drug-likeness (QED) is 0.922. The molecule has 5 nitrogen and oxygen atoms in total. The number of aromatic carboxylic acids is 1. The lowest BCUT2D eigenvalue weighted by Gasteiger charge is -2.01. The Kier molecular flexibility index (Phi) is 2.93. The number of carboxylic acid groups (broad SMARTS) is 1. The second kappa shape index (κ2) is 4.25. The predicted molar refractivity (Wildman–Crippen MR) is 61.1 cm³/mol. The van der Waals surface area contributed by atoms with Gasteiger partial charge in [0, 0.05) is 17.1 Å². The summed E-state index contributed by atoms with van der Waals surface area (Å²) in [7, 11) is 1.44. The molecule has 0 amide bonds. The van der Waals surface area contributed by atoms with Crippen molar-refractivity contribution in [1.82, 2.24) is 15.0 Å². The van der Waals surface area contributed by atoms with E-state index in [0.717, 1.165) is 4.68 Å². The van der Waals surface area contributed by atoms with E-state index >= 15 is 0 Å². The summed E-state index contributed by atoms with van der Waals surface area (Å²) in [6.45, 7) is 0. The molecule has 0 fully saturated rings. The summed E-state index contributed by atoms with van der Waals surface area (Å²) >= 11 is 3.12. The Bertz CT molecular complexity index is 597. The molecule has 0 saturated heterocycles. The van der Waals surface area contributed by atoms with Crippen molar-refractivity contribution >= 4 is 21.9 Å². The van der Waals surface area contributed by atoms with Crippen LogP contribution in [0.15, 0.2) is 22.7 Å². The summed E-state index contributed by atoms with van der Waals surface area (Å²) in [6.07, 6.45) is 0. The molecular formula is C10H7BrFN3O2. The number of aryl methyl sites for hydroxylation is 1. The first kappa shape index (κ1) is 11.7. The highest BCUT2D eigenvalue weighted by Crippen LogP contribution is 2.26. The van der Waals surface area contributed by atoms with Gasteiger partial charge in [0.25, 0.3) is 0 Å². The van der Waals surface area contributed by atoms with Crippen LogP contribution in [0.3, 0.4) is 0 Å². The molecule has 88 valence electrons. The number of hydrogen-bond donors (Lipinski definition) is 1. The minimum absolute atomic E-state index is 0.0185. The average molecular weight is 300 g/mol. The second-order valence-electron chi connectivity index (χ2n) is 3.34. The Morgan fingerprint density at radius 3 is 2.82 bits per heavy atom. The summed E-state index contributed by atoms with van der Waals surface area (Å²) in [4.78, 5) is 11.0. The molecule has 0 aliphatic rings. The molecule has 0 atom stereocenters. The minimum Gasteiger partial charge on any atom is -0.476 e. The van der Waals surface area contributed by atoms with E-state index < -0.39 is 11.8 Å². The second-order valence-corrected chi connectivity index (χ2v) is 4.26. The molecule has 0 saturated carbocycles. The summed E-state index contributed by atoms with van der Waals surface area (Å²) < 4.78 is 15.4. The number of rotatable bonds is 2. The number of carbonyl (C=O) groups is 1. The Balaban J connectivity index is 2.65. The molecule has 1 N–H and O–H groups in total. The van der Waals surface area contributed by atoms with Crippen molar-refractivity contribution in [3.05, 3.63) is 34.2 Å². The van der Waals surface area contributed by atoms with Gasteiger partial charge in [-0.1, -0.05) is 21.1 Å². The van der Waals surface area contributed by atoms with Crippen LogP contribution in [0.2, 0.25) is 0 Å². The molecule has 0 unspecified atom stereocenters. The lowest BCUT2D eigenvalue weighted by Crippen LogP contribution is -2.07. The molecule has 1 heterocycles. The fourth-order valence-corrected chi connectivity index (χ4v) is 1.79. The van der Waals surface area contributed by atoms with Crippen LogP contribution < -0.4 is 0 Å². The number of nitrogens with zero attached hydrogens (tertiary/aromatic N) is 3. The molecule has 7 heteroatoms. The van der Waals surface area contributed by atoms with Gasteiger partial charge in [-0.25, -0.2) is 13.9 Å². The molecule has 1 aromatic heterocycles. The van der Waals surface area contributed by atoms with Crippen LogP contribution in [0.4, 0.5) is 4.39 Å². The van der Waals surface area contributed by atoms with E-state index in [2.05, 4.69) is 26.2 Å². The number of halogens is 2. The van der Waals surface area contributed by atoms with E-state index in [9.17, 15) is 9.18 Å². The van der Waals surface area contributed by atoms with Crippen LogP contribution in [-0.2, 0) is 7.05 Å². The van der Waals surface area contributed by atoms with Crippen molar-refractivity contribution in [2.75, 3.05) is 0 Å². The van der Waals surface area contributed by atoms with Gasteiger partial charge in [-0.15, -0.1) is 5.10 Å². The number of carboxylic acids is 1. The summed E-state index contributed by atoms with van der Waals surface area (Å²) in [6, 6.07) is 4.31. The molecule has 0 bridgehead atoms.